The number of hydrogen-bond acceptors (Lipinski definition) is 2. The molecule has 2 heteroatoms. The largest absolute Gasteiger partial charge is 0.356 e. The Hall–Kier alpha value is -1.57. The monoisotopic (exact) mass is 201 g/mol. The molecule has 0 unspecified atom stereocenters. The van der Waals surface area contributed by atoms with Crippen LogP contribution in [0.4, 0.5) is 0 Å². The Morgan fingerprint density at radius 2 is 1.93 bits per heavy atom. The van der Waals surface area contributed by atoms with Crippen LogP contribution in [0, 0.1) is 6.92 Å². The van der Waals surface area contributed by atoms with Crippen molar-refractivity contribution >= 4 is 0 Å². The first-order valence-corrected chi connectivity index (χ1v) is 5.32. The van der Waals surface area contributed by atoms with Crippen LogP contribution in [0.1, 0.15) is 24.6 Å². The van der Waals surface area contributed by atoms with Gasteiger partial charge in [0.2, 0.25) is 0 Å². The second-order valence-corrected chi connectivity index (χ2v) is 3.78. The van der Waals surface area contributed by atoms with Crippen molar-refractivity contribution < 1.29 is 4.52 Å². The summed E-state index contributed by atoms with van der Waals surface area (Å²) in [6.07, 6.45) is 2.32. The third kappa shape index (κ3) is 2.27. The van der Waals surface area contributed by atoms with Crippen molar-refractivity contribution in [1.29, 1.82) is 0 Å². The van der Waals surface area contributed by atoms with E-state index >= 15 is 0 Å². The van der Waals surface area contributed by atoms with Gasteiger partial charge in [0, 0.05) is 11.6 Å². The summed E-state index contributed by atoms with van der Waals surface area (Å²) in [7, 11) is 0. The molecule has 0 radical (unpaired) electrons. The smallest absolute Gasteiger partial charge is 0.167 e. The second-order valence-electron chi connectivity index (χ2n) is 3.78. The van der Waals surface area contributed by atoms with E-state index in [0.29, 0.717) is 0 Å². The summed E-state index contributed by atoms with van der Waals surface area (Å²) in [6, 6.07) is 10.4. The van der Waals surface area contributed by atoms with Crippen molar-refractivity contribution in [1.82, 2.24) is 5.16 Å². The zero-order chi connectivity index (χ0) is 10.7. The van der Waals surface area contributed by atoms with Crippen LogP contribution in [0.15, 0.2) is 34.9 Å². The molecule has 0 bridgehead atoms. The van der Waals surface area contributed by atoms with Gasteiger partial charge in [0.1, 0.15) is 0 Å². The molecule has 0 saturated heterocycles. The summed E-state index contributed by atoms with van der Waals surface area (Å²) in [5.74, 6) is 0.843. The molecule has 1 aromatic heterocycles. The Labute approximate surface area is 89.9 Å². The molecule has 15 heavy (non-hydrogen) atoms. The summed E-state index contributed by atoms with van der Waals surface area (Å²) in [5, 5.41) is 3.88. The first-order valence-electron chi connectivity index (χ1n) is 5.32. The predicted octanol–water partition coefficient (Wildman–Crippen LogP) is 3.60. The molecule has 0 amide bonds. The maximum atomic E-state index is 5.20. The van der Waals surface area contributed by atoms with Gasteiger partial charge in [-0.1, -0.05) is 42.8 Å². The average molecular weight is 201 g/mol. The van der Waals surface area contributed by atoms with Gasteiger partial charge in [-0.3, -0.25) is 0 Å². The van der Waals surface area contributed by atoms with Crippen molar-refractivity contribution in [3.8, 4) is 11.3 Å². The molecule has 2 aromatic rings. The Kier molecular flexibility index (Phi) is 2.86. The van der Waals surface area contributed by atoms with E-state index in [2.05, 4.69) is 36.3 Å². The van der Waals surface area contributed by atoms with E-state index in [0.717, 1.165) is 23.4 Å². The number of aromatic nitrogens is 1. The van der Waals surface area contributed by atoms with Crippen molar-refractivity contribution in [2.75, 3.05) is 0 Å². The van der Waals surface area contributed by atoms with E-state index in [1.807, 2.05) is 13.0 Å². The molecular weight excluding hydrogens is 186 g/mol. The van der Waals surface area contributed by atoms with Crippen LogP contribution >= 0.6 is 0 Å². The third-order valence-electron chi connectivity index (χ3n) is 2.41. The Morgan fingerprint density at radius 3 is 2.47 bits per heavy atom. The summed E-state index contributed by atoms with van der Waals surface area (Å²) in [4.78, 5) is 0. The van der Waals surface area contributed by atoms with Crippen LogP contribution in [-0.2, 0) is 6.42 Å². The topological polar surface area (TPSA) is 26.0 Å². The minimum atomic E-state index is 0.843. The van der Waals surface area contributed by atoms with Gasteiger partial charge < -0.3 is 4.52 Å². The highest BCUT2D eigenvalue weighted by atomic mass is 16.5. The number of hydrogen-bond donors (Lipinski definition) is 0. The Balaban J connectivity index is 2.23. The van der Waals surface area contributed by atoms with E-state index in [4.69, 9.17) is 4.52 Å². The highest BCUT2D eigenvalue weighted by Gasteiger charge is 2.03. The normalized spacial score (nSPS) is 10.5. The predicted molar refractivity (Wildman–Crippen MR) is 60.7 cm³/mol. The summed E-state index contributed by atoms with van der Waals surface area (Å²) in [6.45, 7) is 4.12. The van der Waals surface area contributed by atoms with Crippen molar-refractivity contribution in [2.45, 2.75) is 26.7 Å². The number of nitrogens with zero attached hydrogens (tertiary/aromatic N) is 1. The van der Waals surface area contributed by atoms with Gasteiger partial charge in [0.15, 0.2) is 5.76 Å². The molecule has 2 rings (SSSR count). The highest BCUT2D eigenvalue weighted by Crippen LogP contribution is 2.20. The molecule has 0 fully saturated rings. The van der Waals surface area contributed by atoms with E-state index < -0.39 is 0 Å². The lowest BCUT2D eigenvalue weighted by Crippen LogP contribution is -1.82. The molecule has 78 valence electrons. The molecule has 1 aromatic carbocycles. The van der Waals surface area contributed by atoms with Crippen molar-refractivity contribution in [2.24, 2.45) is 0 Å². The standard InChI is InChI=1S/C13H15NO/c1-3-4-11-5-7-12(8-6-11)13-9-10(2)14-15-13/h5-9H,3-4H2,1-2H3. The van der Waals surface area contributed by atoms with Crippen molar-refractivity contribution in [3.05, 3.63) is 41.6 Å². The van der Waals surface area contributed by atoms with E-state index in [9.17, 15) is 0 Å². The second kappa shape index (κ2) is 4.30. The van der Waals surface area contributed by atoms with Crippen LogP contribution in [-0.4, -0.2) is 5.16 Å². The van der Waals surface area contributed by atoms with Gasteiger partial charge in [-0.05, 0) is 18.9 Å². The lowest BCUT2D eigenvalue weighted by atomic mass is 10.1. The lowest BCUT2D eigenvalue weighted by Gasteiger charge is -1.99. The number of aryl methyl sites for hydroxylation is 2. The Bertz CT molecular complexity index is 428. The maximum absolute atomic E-state index is 5.20. The van der Waals surface area contributed by atoms with E-state index in [1.165, 1.54) is 12.0 Å². The number of rotatable bonds is 3. The van der Waals surface area contributed by atoms with Crippen molar-refractivity contribution in [3.63, 3.8) is 0 Å². The van der Waals surface area contributed by atoms with Gasteiger partial charge in [0.05, 0.1) is 5.69 Å². The van der Waals surface area contributed by atoms with Gasteiger partial charge in [-0.25, -0.2) is 0 Å². The molecule has 0 aliphatic heterocycles. The fourth-order valence-corrected chi connectivity index (χ4v) is 1.62. The van der Waals surface area contributed by atoms with Gasteiger partial charge >= 0.3 is 0 Å². The fraction of sp³-hybridized carbons (Fsp3) is 0.308. The van der Waals surface area contributed by atoms with Gasteiger partial charge in [-0.2, -0.15) is 0 Å². The van der Waals surface area contributed by atoms with Crippen LogP contribution < -0.4 is 0 Å². The highest BCUT2D eigenvalue weighted by molar-refractivity contribution is 5.57. The first-order chi connectivity index (χ1) is 7.29. The molecule has 2 nitrogen and oxygen atoms in total. The SMILES string of the molecule is CCCc1ccc(-c2cc(C)no2)cc1. The van der Waals surface area contributed by atoms with Crippen LogP contribution in [0.25, 0.3) is 11.3 Å². The molecule has 0 N–H and O–H groups in total. The maximum Gasteiger partial charge on any atom is 0.167 e. The molecule has 0 spiro atoms. The van der Waals surface area contributed by atoms with E-state index in [1.54, 1.807) is 0 Å². The minimum absolute atomic E-state index is 0.843. The third-order valence-corrected chi connectivity index (χ3v) is 2.41. The summed E-state index contributed by atoms with van der Waals surface area (Å²) in [5.41, 5.74) is 3.38. The van der Waals surface area contributed by atoms with Gasteiger partial charge in [-0.15, -0.1) is 0 Å². The zero-order valence-electron chi connectivity index (χ0n) is 9.16. The quantitative estimate of drug-likeness (QED) is 0.758. The molecule has 0 saturated carbocycles. The Morgan fingerprint density at radius 1 is 1.20 bits per heavy atom. The molecule has 0 aliphatic rings. The average Bonchev–Trinajstić information content (AvgIpc) is 2.67. The molecule has 1 heterocycles. The zero-order valence-corrected chi connectivity index (χ0v) is 9.16. The van der Waals surface area contributed by atoms with Crippen LogP contribution in [0.2, 0.25) is 0 Å². The summed E-state index contributed by atoms with van der Waals surface area (Å²) >= 11 is 0. The lowest BCUT2D eigenvalue weighted by molar-refractivity contribution is 0.427. The van der Waals surface area contributed by atoms with E-state index in [-0.39, 0.29) is 0 Å². The summed E-state index contributed by atoms with van der Waals surface area (Å²) < 4.78 is 5.20. The molecule has 0 atom stereocenters. The minimum Gasteiger partial charge on any atom is -0.356 e. The van der Waals surface area contributed by atoms with Crippen LogP contribution in [0.5, 0.6) is 0 Å². The number of benzene rings is 1. The van der Waals surface area contributed by atoms with Gasteiger partial charge in [0.25, 0.3) is 0 Å². The first kappa shape index (κ1) is 9.97. The molecular formula is C13H15NO. The fourth-order valence-electron chi connectivity index (χ4n) is 1.62. The molecule has 0 aliphatic carbocycles. The van der Waals surface area contributed by atoms with Crippen LogP contribution in [0.3, 0.4) is 0 Å².